The molecule has 0 aromatic heterocycles. The van der Waals surface area contributed by atoms with Crippen LogP contribution in [0.1, 0.15) is 64.4 Å². The summed E-state index contributed by atoms with van der Waals surface area (Å²) in [5, 5.41) is 0. The van der Waals surface area contributed by atoms with Gasteiger partial charge in [0.2, 0.25) is 0 Å². The van der Waals surface area contributed by atoms with Gasteiger partial charge in [-0.3, -0.25) is 4.90 Å². The van der Waals surface area contributed by atoms with Gasteiger partial charge in [-0.2, -0.15) is 0 Å². The van der Waals surface area contributed by atoms with E-state index in [4.69, 9.17) is 4.74 Å². The number of piperazine rings is 1. The summed E-state index contributed by atoms with van der Waals surface area (Å²) >= 11 is 0. The Labute approximate surface area is 161 Å². The van der Waals surface area contributed by atoms with Crippen LogP contribution in [0.15, 0.2) is 24.3 Å². The maximum absolute atomic E-state index is 5.99. The first-order chi connectivity index (χ1) is 12.6. The molecule has 3 nitrogen and oxygen atoms in total. The lowest BCUT2D eigenvalue weighted by atomic mass is 10.0. The average molecular weight is 361 g/mol. The summed E-state index contributed by atoms with van der Waals surface area (Å²) in [6, 6.07) is 8.68. The molecule has 0 N–H and O–H groups in total. The Morgan fingerprint density at radius 1 is 0.923 bits per heavy atom. The summed E-state index contributed by atoms with van der Waals surface area (Å²) in [6.45, 7) is 11.2. The Hall–Kier alpha value is -1.06. The lowest BCUT2D eigenvalue weighted by Gasteiger charge is -2.32. The molecule has 0 unspecified atom stereocenters. The molecule has 1 saturated heterocycles. The molecule has 1 aliphatic heterocycles. The van der Waals surface area contributed by atoms with E-state index in [1.165, 1.54) is 76.7 Å². The number of rotatable bonds is 12. The van der Waals surface area contributed by atoms with E-state index in [-0.39, 0.29) is 0 Å². The maximum Gasteiger partial charge on any atom is 0.119 e. The first kappa shape index (κ1) is 21.2. The minimum Gasteiger partial charge on any atom is -0.494 e. The van der Waals surface area contributed by atoms with E-state index in [9.17, 15) is 0 Å². The minimum atomic E-state index is 0.851. The zero-order valence-corrected chi connectivity index (χ0v) is 17.4. The van der Waals surface area contributed by atoms with Gasteiger partial charge >= 0.3 is 0 Å². The second-order valence-corrected chi connectivity index (χ2v) is 8.38. The molecule has 148 valence electrons. The molecule has 3 heteroatoms. The van der Waals surface area contributed by atoms with E-state index in [1.807, 2.05) is 0 Å². The third kappa shape index (κ3) is 9.05. The molecule has 1 aromatic rings. The number of hydrogen-bond acceptors (Lipinski definition) is 3. The van der Waals surface area contributed by atoms with Crippen molar-refractivity contribution in [3.8, 4) is 5.75 Å². The molecule has 1 aliphatic rings. The molecular formula is C23H40N2O. The van der Waals surface area contributed by atoms with Gasteiger partial charge < -0.3 is 9.64 Å². The van der Waals surface area contributed by atoms with Crippen LogP contribution in [0, 0.1) is 5.92 Å². The molecule has 2 rings (SSSR count). The zero-order valence-electron chi connectivity index (χ0n) is 17.4. The van der Waals surface area contributed by atoms with Crippen LogP contribution in [-0.2, 0) is 6.54 Å². The summed E-state index contributed by atoms with van der Waals surface area (Å²) in [7, 11) is 2.21. The Morgan fingerprint density at radius 3 is 2.35 bits per heavy atom. The number of nitrogens with zero attached hydrogens (tertiary/aromatic N) is 2. The van der Waals surface area contributed by atoms with Crippen LogP contribution in [0.5, 0.6) is 5.75 Å². The van der Waals surface area contributed by atoms with Crippen molar-refractivity contribution in [2.45, 2.75) is 65.3 Å². The van der Waals surface area contributed by atoms with Gasteiger partial charge in [-0.15, -0.1) is 0 Å². The van der Waals surface area contributed by atoms with Crippen LogP contribution in [0.4, 0.5) is 0 Å². The van der Waals surface area contributed by atoms with E-state index in [0.29, 0.717) is 0 Å². The largest absolute Gasteiger partial charge is 0.494 e. The maximum atomic E-state index is 5.99. The highest BCUT2D eigenvalue weighted by atomic mass is 16.5. The normalized spacial score (nSPS) is 16.3. The number of likely N-dealkylation sites (N-methyl/N-ethyl adjacent to an activating group) is 1. The standard InChI is InChI=1S/C23H40N2O/c1-21(2)11-8-6-4-5-7-9-18-26-23-13-10-12-22(19-23)20-25-16-14-24(3)15-17-25/h10,12-13,19,21H,4-9,11,14-18,20H2,1-3H3. The highest BCUT2D eigenvalue weighted by Crippen LogP contribution is 2.17. The zero-order chi connectivity index (χ0) is 18.6. The predicted molar refractivity (Wildman–Crippen MR) is 112 cm³/mol. The Bertz CT molecular complexity index is 481. The van der Waals surface area contributed by atoms with Crippen molar-refractivity contribution in [2.24, 2.45) is 5.92 Å². The van der Waals surface area contributed by atoms with Gasteiger partial charge in [-0.05, 0) is 37.1 Å². The molecule has 26 heavy (non-hydrogen) atoms. The fourth-order valence-corrected chi connectivity index (χ4v) is 3.55. The van der Waals surface area contributed by atoms with Crippen LogP contribution < -0.4 is 4.74 Å². The molecule has 1 aromatic carbocycles. The number of benzene rings is 1. The summed E-state index contributed by atoms with van der Waals surface area (Å²) < 4.78 is 5.99. The van der Waals surface area contributed by atoms with Gasteiger partial charge in [0.05, 0.1) is 6.61 Å². The van der Waals surface area contributed by atoms with Crippen molar-refractivity contribution in [1.82, 2.24) is 9.80 Å². The van der Waals surface area contributed by atoms with Gasteiger partial charge in [-0.25, -0.2) is 0 Å². The molecule has 0 amide bonds. The van der Waals surface area contributed by atoms with Crippen LogP contribution in [-0.4, -0.2) is 49.6 Å². The molecule has 0 saturated carbocycles. The van der Waals surface area contributed by atoms with Crippen molar-refractivity contribution in [3.63, 3.8) is 0 Å². The summed E-state index contributed by atoms with van der Waals surface area (Å²) in [5.41, 5.74) is 1.37. The molecular weight excluding hydrogens is 320 g/mol. The second-order valence-electron chi connectivity index (χ2n) is 8.38. The Morgan fingerprint density at radius 2 is 1.62 bits per heavy atom. The number of ether oxygens (including phenoxy) is 1. The quantitative estimate of drug-likeness (QED) is 0.477. The van der Waals surface area contributed by atoms with E-state index in [0.717, 1.165) is 24.8 Å². The van der Waals surface area contributed by atoms with Gasteiger partial charge in [0.15, 0.2) is 0 Å². The van der Waals surface area contributed by atoms with E-state index >= 15 is 0 Å². The van der Waals surface area contributed by atoms with E-state index < -0.39 is 0 Å². The molecule has 0 bridgehead atoms. The van der Waals surface area contributed by atoms with Crippen LogP contribution >= 0.6 is 0 Å². The molecule has 0 spiro atoms. The predicted octanol–water partition coefficient (Wildman–Crippen LogP) is 5.20. The minimum absolute atomic E-state index is 0.851. The van der Waals surface area contributed by atoms with Gasteiger partial charge in [-0.1, -0.05) is 64.5 Å². The monoisotopic (exact) mass is 360 g/mol. The fraction of sp³-hybridized carbons (Fsp3) is 0.739. The van der Waals surface area contributed by atoms with Crippen molar-refractivity contribution < 1.29 is 4.74 Å². The first-order valence-electron chi connectivity index (χ1n) is 10.8. The Balaban J connectivity index is 1.55. The SMILES string of the molecule is CC(C)CCCCCCCCOc1cccc(CN2CCN(C)CC2)c1. The lowest BCUT2D eigenvalue weighted by Crippen LogP contribution is -2.43. The summed E-state index contributed by atoms with van der Waals surface area (Å²) in [6.07, 6.45) is 9.38. The van der Waals surface area contributed by atoms with E-state index in [1.54, 1.807) is 0 Å². The van der Waals surface area contributed by atoms with Crippen LogP contribution in [0.3, 0.4) is 0 Å². The van der Waals surface area contributed by atoms with Gasteiger partial charge in [0.1, 0.15) is 5.75 Å². The van der Waals surface area contributed by atoms with Gasteiger partial charge in [0, 0.05) is 32.7 Å². The summed E-state index contributed by atoms with van der Waals surface area (Å²) in [5.74, 6) is 1.89. The highest BCUT2D eigenvalue weighted by molar-refractivity contribution is 5.28. The van der Waals surface area contributed by atoms with Crippen molar-refractivity contribution >= 4 is 0 Å². The van der Waals surface area contributed by atoms with Crippen molar-refractivity contribution in [3.05, 3.63) is 29.8 Å². The number of unbranched alkanes of at least 4 members (excludes halogenated alkanes) is 5. The highest BCUT2D eigenvalue weighted by Gasteiger charge is 2.13. The summed E-state index contributed by atoms with van der Waals surface area (Å²) in [4.78, 5) is 4.94. The lowest BCUT2D eigenvalue weighted by molar-refractivity contribution is 0.148. The first-order valence-corrected chi connectivity index (χ1v) is 10.8. The van der Waals surface area contributed by atoms with Crippen molar-refractivity contribution in [2.75, 3.05) is 39.8 Å². The molecule has 0 radical (unpaired) electrons. The Kier molecular flexibility index (Phi) is 10.1. The molecule has 0 atom stereocenters. The van der Waals surface area contributed by atoms with Gasteiger partial charge in [0.25, 0.3) is 0 Å². The van der Waals surface area contributed by atoms with E-state index in [2.05, 4.69) is 55.0 Å². The topological polar surface area (TPSA) is 15.7 Å². The average Bonchev–Trinajstić information content (AvgIpc) is 2.62. The smallest absolute Gasteiger partial charge is 0.119 e. The molecule has 0 aliphatic carbocycles. The van der Waals surface area contributed by atoms with Crippen LogP contribution in [0.25, 0.3) is 0 Å². The van der Waals surface area contributed by atoms with Crippen molar-refractivity contribution in [1.29, 1.82) is 0 Å². The third-order valence-corrected chi connectivity index (χ3v) is 5.35. The molecule has 1 fully saturated rings. The second kappa shape index (κ2) is 12.3. The van der Waals surface area contributed by atoms with Crippen LogP contribution in [0.2, 0.25) is 0 Å². The number of hydrogen-bond donors (Lipinski definition) is 0. The fourth-order valence-electron chi connectivity index (χ4n) is 3.55. The third-order valence-electron chi connectivity index (χ3n) is 5.35. The molecule has 1 heterocycles.